The second-order valence-electron chi connectivity index (χ2n) is 4.73. The number of nitrogens with two attached hydrogens (primary N) is 1. The molecule has 1 aromatic rings. The highest BCUT2D eigenvalue weighted by molar-refractivity contribution is 6.33. The molecule has 0 aliphatic carbocycles. The number of ether oxygens (including phenoxy) is 1. The first-order valence-corrected chi connectivity index (χ1v) is 6.58. The van der Waals surface area contributed by atoms with Crippen LogP contribution in [-0.2, 0) is 0 Å². The maximum Gasteiger partial charge on any atom is 0.422 e. The van der Waals surface area contributed by atoms with Crippen molar-refractivity contribution in [3.8, 4) is 5.75 Å². The Kier molecular flexibility index (Phi) is 6.37. The van der Waals surface area contributed by atoms with Crippen LogP contribution in [0.2, 0.25) is 5.02 Å². The van der Waals surface area contributed by atoms with Gasteiger partial charge in [-0.05, 0) is 12.8 Å². The second kappa shape index (κ2) is 7.38. The first-order chi connectivity index (χ1) is 9.35. The number of pyridine rings is 1. The number of aromatic nitrogens is 1. The molecule has 1 aliphatic heterocycles. The molecule has 1 saturated heterocycles. The smallest absolute Gasteiger partial charge is 0.422 e. The van der Waals surface area contributed by atoms with E-state index in [2.05, 4.69) is 9.72 Å². The van der Waals surface area contributed by atoms with E-state index in [-0.39, 0.29) is 29.2 Å². The molecular formula is C12H16Cl2F3N3O. The monoisotopic (exact) mass is 345 g/mol. The van der Waals surface area contributed by atoms with Crippen molar-refractivity contribution in [3.05, 3.63) is 17.3 Å². The largest absolute Gasteiger partial charge is 0.482 e. The molecule has 2 N–H and O–H groups in total. The number of hydrogen-bond acceptors (Lipinski definition) is 4. The van der Waals surface area contributed by atoms with E-state index in [9.17, 15) is 13.2 Å². The van der Waals surface area contributed by atoms with Gasteiger partial charge in [-0.3, -0.25) is 0 Å². The first-order valence-electron chi connectivity index (χ1n) is 6.21. The Bertz CT molecular complexity index is 474. The number of nitrogens with zero attached hydrogens (tertiary/aromatic N) is 2. The molecule has 2 rings (SSSR count). The van der Waals surface area contributed by atoms with Crippen LogP contribution in [0.3, 0.4) is 0 Å². The topological polar surface area (TPSA) is 51.4 Å². The Morgan fingerprint density at radius 2 is 2.19 bits per heavy atom. The van der Waals surface area contributed by atoms with Crippen LogP contribution in [0, 0.1) is 0 Å². The van der Waals surface area contributed by atoms with Gasteiger partial charge in [-0.15, -0.1) is 12.4 Å². The summed E-state index contributed by atoms with van der Waals surface area (Å²) in [4.78, 5) is 6.02. The third kappa shape index (κ3) is 5.41. The molecule has 9 heteroatoms. The summed E-state index contributed by atoms with van der Waals surface area (Å²) in [7, 11) is 0. The average molecular weight is 346 g/mol. The Hall–Kier alpha value is -0.920. The fourth-order valence-corrected chi connectivity index (χ4v) is 2.37. The highest BCUT2D eigenvalue weighted by Crippen LogP contribution is 2.29. The van der Waals surface area contributed by atoms with Crippen LogP contribution in [0.1, 0.15) is 12.8 Å². The molecule has 0 spiro atoms. The minimum absolute atomic E-state index is 0. The molecule has 4 nitrogen and oxygen atoms in total. The average Bonchev–Trinajstić information content (AvgIpc) is 2.35. The van der Waals surface area contributed by atoms with Crippen molar-refractivity contribution in [1.29, 1.82) is 0 Å². The number of alkyl halides is 3. The summed E-state index contributed by atoms with van der Waals surface area (Å²) in [5.41, 5.74) is 5.88. The van der Waals surface area contributed by atoms with Gasteiger partial charge in [-0.25, -0.2) is 4.98 Å². The minimum Gasteiger partial charge on any atom is -0.482 e. The number of halogens is 5. The molecule has 0 bridgehead atoms. The molecule has 2 heterocycles. The predicted molar refractivity (Wildman–Crippen MR) is 77.5 cm³/mol. The molecular weight excluding hydrogens is 330 g/mol. The lowest BCUT2D eigenvalue weighted by atomic mass is 10.1. The second-order valence-corrected chi connectivity index (χ2v) is 5.14. The number of hydrogen-bond donors (Lipinski definition) is 1. The van der Waals surface area contributed by atoms with Crippen LogP contribution in [0.4, 0.5) is 19.0 Å². The van der Waals surface area contributed by atoms with Crippen molar-refractivity contribution >= 4 is 29.8 Å². The van der Waals surface area contributed by atoms with Gasteiger partial charge in [0.1, 0.15) is 11.6 Å². The number of piperidine rings is 1. The molecule has 120 valence electrons. The van der Waals surface area contributed by atoms with Crippen molar-refractivity contribution in [1.82, 2.24) is 4.98 Å². The van der Waals surface area contributed by atoms with Crippen LogP contribution in [0.25, 0.3) is 0 Å². The van der Waals surface area contributed by atoms with Gasteiger partial charge in [-0.1, -0.05) is 11.6 Å². The van der Waals surface area contributed by atoms with Gasteiger partial charge in [0.2, 0.25) is 0 Å². The first kappa shape index (κ1) is 18.1. The molecule has 0 amide bonds. The van der Waals surface area contributed by atoms with Crippen molar-refractivity contribution in [2.24, 2.45) is 5.73 Å². The van der Waals surface area contributed by atoms with Crippen LogP contribution in [-0.4, -0.2) is 36.9 Å². The van der Waals surface area contributed by atoms with Crippen LogP contribution >= 0.6 is 24.0 Å². The highest BCUT2D eigenvalue weighted by Gasteiger charge is 2.28. The van der Waals surface area contributed by atoms with E-state index in [1.807, 2.05) is 4.90 Å². The van der Waals surface area contributed by atoms with Gasteiger partial charge in [0.15, 0.2) is 6.61 Å². The maximum absolute atomic E-state index is 12.1. The summed E-state index contributed by atoms with van der Waals surface area (Å²) < 4.78 is 40.8. The summed E-state index contributed by atoms with van der Waals surface area (Å²) in [6.07, 6.45) is -1.26. The quantitative estimate of drug-likeness (QED) is 0.914. The molecule has 0 aromatic carbocycles. The van der Waals surface area contributed by atoms with E-state index in [1.165, 1.54) is 12.3 Å². The molecule has 1 fully saturated rings. The van der Waals surface area contributed by atoms with Gasteiger partial charge in [-0.2, -0.15) is 13.2 Å². The zero-order valence-corrected chi connectivity index (χ0v) is 12.6. The Morgan fingerprint density at radius 1 is 1.48 bits per heavy atom. The SMILES string of the molecule is Cl.NC1CCCN(c2ncc(OCC(F)(F)F)cc2Cl)C1. The third-order valence-corrected chi connectivity index (χ3v) is 3.23. The van der Waals surface area contributed by atoms with Gasteiger partial charge in [0, 0.05) is 25.2 Å². The van der Waals surface area contributed by atoms with Crippen molar-refractivity contribution < 1.29 is 17.9 Å². The van der Waals surface area contributed by atoms with E-state index in [0.29, 0.717) is 12.4 Å². The standard InChI is InChI=1S/C12H15ClF3N3O.ClH/c13-10-4-9(20-7-12(14,15)16)5-18-11(10)19-3-1-2-8(17)6-19;/h4-5,8H,1-3,6-7,17H2;1H. The zero-order chi connectivity index (χ0) is 14.8. The number of rotatable bonds is 3. The van der Waals surface area contributed by atoms with E-state index >= 15 is 0 Å². The summed E-state index contributed by atoms with van der Waals surface area (Å²) in [5.74, 6) is 0.526. The van der Waals surface area contributed by atoms with Crippen molar-refractivity contribution in [3.63, 3.8) is 0 Å². The fourth-order valence-electron chi connectivity index (χ4n) is 2.09. The lowest BCUT2D eigenvalue weighted by molar-refractivity contribution is -0.153. The summed E-state index contributed by atoms with van der Waals surface area (Å²) in [5, 5.41) is 0.263. The lowest BCUT2D eigenvalue weighted by Crippen LogP contribution is -2.43. The molecule has 1 atom stereocenters. The van der Waals surface area contributed by atoms with E-state index in [1.54, 1.807) is 0 Å². The molecule has 1 aliphatic rings. The third-order valence-electron chi connectivity index (χ3n) is 2.96. The Labute approximate surface area is 131 Å². The fraction of sp³-hybridized carbons (Fsp3) is 0.583. The molecule has 1 aromatic heterocycles. The number of anilines is 1. The van der Waals surface area contributed by atoms with Crippen LogP contribution in [0.5, 0.6) is 5.75 Å². The van der Waals surface area contributed by atoms with Crippen molar-refractivity contribution in [2.75, 3.05) is 24.6 Å². The molecule has 0 radical (unpaired) electrons. The van der Waals surface area contributed by atoms with Gasteiger partial charge < -0.3 is 15.4 Å². The lowest BCUT2D eigenvalue weighted by Gasteiger charge is -2.32. The Balaban J connectivity index is 0.00000220. The van der Waals surface area contributed by atoms with Gasteiger partial charge in [0.05, 0.1) is 11.2 Å². The van der Waals surface area contributed by atoms with Crippen LogP contribution in [0.15, 0.2) is 12.3 Å². The van der Waals surface area contributed by atoms with Gasteiger partial charge in [0.25, 0.3) is 0 Å². The Morgan fingerprint density at radius 3 is 2.76 bits per heavy atom. The van der Waals surface area contributed by atoms with Crippen LogP contribution < -0.4 is 15.4 Å². The summed E-state index contributed by atoms with van der Waals surface area (Å²) >= 11 is 6.05. The molecule has 21 heavy (non-hydrogen) atoms. The van der Waals surface area contributed by atoms with Crippen molar-refractivity contribution in [2.45, 2.75) is 25.1 Å². The highest BCUT2D eigenvalue weighted by atomic mass is 35.5. The van der Waals surface area contributed by atoms with Gasteiger partial charge >= 0.3 is 6.18 Å². The van der Waals surface area contributed by atoms with E-state index in [0.717, 1.165) is 19.4 Å². The normalized spacial score (nSPS) is 19.1. The van der Waals surface area contributed by atoms with E-state index < -0.39 is 12.8 Å². The molecule has 0 saturated carbocycles. The summed E-state index contributed by atoms with van der Waals surface area (Å²) in [6.45, 7) is 0.0532. The van der Waals surface area contributed by atoms with E-state index in [4.69, 9.17) is 17.3 Å². The minimum atomic E-state index is -4.38. The zero-order valence-electron chi connectivity index (χ0n) is 11.1. The summed E-state index contributed by atoms with van der Waals surface area (Å²) in [6, 6.07) is 1.40. The predicted octanol–water partition coefficient (Wildman–Crippen LogP) is 3.03. The molecule has 1 unspecified atom stereocenters. The maximum atomic E-state index is 12.1.